The Bertz CT molecular complexity index is 633. The molecule has 21 heavy (non-hydrogen) atoms. The maximum atomic E-state index is 6.22. The predicted molar refractivity (Wildman–Crippen MR) is 90.1 cm³/mol. The molecule has 0 fully saturated rings. The highest BCUT2D eigenvalue weighted by atomic mass is 35.5. The summed E-state index contributed by atoms with van der Waals surface area (Å²) in [5, 5.41) is 1.03. The fourth-order valence-electron chi connectivity index (χ4n) is 2.67. The molecule has 2 N–H and O–H groups in total. The average molecular weight is 345 g/mol. The smallest absolute Gasteiger partial charge is 0.120 e. The van der Waals surface area contributed by atoms with Gasteiger partial charge >= 0.3 is 0 Å². The first-order valence-electron chi connectivity index (χ1n) is 6.56. The number of benzene rings is 2. The van der Waals surface area contributed by atoms with E-state index in [0.717, 1.165) is 12.2 Å². The lowest BCUT2D eigenvalue weighted by atomic mass is 10.00. The third kappa shape index (κ3) is 3.46. The van der Waals surface area contributed by atoms with Crippen molar-refractivity contribution in [3.8, 4) is 5.75 Å². The summed E-state index contributed by atoms with van der Waals surface area (Å²) >= 11 is 11.9. The van der Waals surface area contributed by atoms with Gasteiger partial charge in [0.15, 0.2) is 0 Å². The number of ether oxygens (including phenoxy) is 1. The van der Waals surface area contributed by atoms with Crippen LogP contribution in [0.2, 0.25) is 10.0 Å². The SMILES string of the molecule is Cl.N[C@H]1Cc2ccccc2[C@H]1COc1ccc(Cl)c(Cl)c1. The second kappa shape index (κ2) is 6.89. The molecular formula is C16H16Cl3NO. The van der Waals surface area contributed by atoms with Gasteiger partial charge in [-0.2, -0.15) is 0 Å². The number of halogens is 3. The molecule has 2 aromatic carbocycles. The van der Waals surface area contributed by atoms with E-state index in [2.05, 4.69) is 12.1 Å². The molecular weight excluding hydrogens is 329 g/mol. The van der Waals surface area contributed by atoms with Crippen molar-refractivity contribution in [3.63, 3.8) is 0 Å². The largest absolute Gasteiger partial charge is 0.493 e. The molecule has 112 valence electrons. The number of nitrogens with two attached hydrogens (primary N) is 1. The summed E-state index contributed by atoms with van der Waals surface area (Å²) in [6, 6.07) is 13.8. The highest BCUT2D eigenvalue weighted by Gasteiger charge is 2.29. The van der Waals surface area contributed by atoms with Crippen molar-refractivity contribution in [1.82, 2.24) is 0 Å². The van der Waals surface area contributed by atoms with Crippen LogP contribution in [0.3, 0.4) is 0 Å². The molecule has 0 unspecified atom stereocenters. The molecule has 0 aromatic heterocycles. The Labute approximate surface area is 140 Å². The van der Waals surface area contributed by atoms with E-state index in [1.165, 1.54) is 11.1 Å². The van der Waals surface area contributed by atoms with Crippen LogP contribution in [0.5, 0.6) is 5.75 Å². The standard InChI is InChI=1S/C16H15Cl2NO.ClH/c17-14-6-5-11(8-15(14)18)20-9-13-12-4-2-1-3-10(12)7-16(13)19;/h1-6,8,13,16H,7,9,19H2;1H/t13-,16+;/m1./s1. The zero-order valence-electron chi connectivity index (χ0n) is 11.3. The number of fused-ring (bicyclic) bond motifs is 1. The highest BCUT2D eigenvalue weighted by molar-refractivity contribution is 6.42. The van der Waals surface area contributed by atoms with E-state index >= 15 is 0 Å². The monoisotopic (exact) mass is 343 g/mol. The Morgan fingerprint density at radius 1 is 1.10 bits per heavy atom. The first-order valence-corrected chi connectivity index (χ1v) is 7.32. The minimum atomic E-state index is 0. The molecule has 0 amide bonds. The lowest BCUT2D eigenvalue weighted by Gasteiger charge is -2.17. The van der Waals surface area contributed by atoms with Crippen LogP contribution in [-0.2, 0) is 6.42 Å². The van der Waals surface area contributed by atoms with E-state index in [0.29, 0.717) is 16.7 Å². The normalized spacial score (nSPS) is 19.8. The van der Waals surface area contributed by atoms with Crippen LogP contribution in [0.4, 0.5) is 0 Å². The summed E-state index contributed by atoms with van der Waals surface area (Å²) in [6.45, 7) is 0.552. The molecule has 0 radical (unpaired) electrons. The third-order valence-corrected chi connectivity index (χ3v) is 4.49. The minimum absolute atomic E-state index is 0. The highest BCUT2D eigenvalue weighted by Crippen LogP contribution is 2.33. The van der Waals surface area contributed by atoms with Crippen LogP contribution in [0, 0.1) is 0 Å². The van der Waals surface area contributed by atoms with Crippen molar-refractivity contribution in [2.24, 2.45) is 5.73 Å². The maximum Gasteiger partial charge on any atom is 0.120 e. The van der Waals surface area contributed by atoms with Gasteiger partial charge in [-0.1, -0.05) is 47.5 Å². The van der Waals surface area contributed by atoms with Gasteiger partial charge in [0.2, 0.25) is 0 Å². The van der Waals surface area contributed by atoms with Crippen LogP contribution in [0.15, 0.2) is 42.5 Å². The molecule has 0 bridgehead atoms. The van der Waals surface area contributed by atoms with Crippen molar-refractivity contribution >= 4 is 35.6 Å². The van der Waals surface area contributed by atoms with Gasteiger partial charge in [0.25, 0.3) is 0 Å². The average Bonchev–Trinajstić information content (AvgIpc) is 2.76. The molecule has 2 atom stereocenters. The first kappa shape index (κ1) is 16.4. The quantitative estimate of drug-likeness (QED) is 0.892. The molecule has 1 aliphatic carbocycles. The van der Waals surface area contributed by atoms with Crippen LogP contribution in [-0.4, -0.2) is 12.6 Å². The first-order chi connectivity index (χ1) is 9.65. The maximum absolute atomic E-state index is 6.22. The fraction of sp³-hybridized carbons (Fsp3) is 0.250. The van der Waals surface area contributed by atoms with Crippen LogP contribution >= 0.6 is 35.6 Å². The predicted octanol–water partition coefficient (Wildman–Crippen LogP) is 4.46. The molecule has 5 heteroatoms. The number of rotatable bonds is 3. The summed E-state index contributed by atoms with van der Waals surface area (Å²) in [5.74, 6) is 0.941. The molecule has 0 saturated carbocycles. The van der Waals surface area contributed by atoms with E-state index in [1.54, 1.807) is 12.1 Å². The molecule has 0 aliphatic heterocycles. The van der Waals surface area contributed by atoms with Gasteiger partial charge in [0.05, 0.1) is 16.7 Å². The second-order valence-electron chi connectivity index (χ2n) is 5.06. The molecule has 0 saturated heterocycles. The van der Waals surface area contributed by atoms with E-state index in [-0.39, 0.29) is 24.4 Å². The van der Waals surface area contributed by atoms with Gasteiger partial charge in [-0.25, -0.2) is 0 Å². The molecule has 0 heterocycles. The van der Waals surface area contributed by atoms with Crippen molar-refractivity contribution in [2.45, 2.75) is 18.4 Å². The van der Waals surface area contributed by atoms with Crippen molar-refractivity contribution < 1.29 is 4.74 Å². The molecule has 2 aromatic rings. The van der Waals surface area contributed by atoms with E-state index in [4.69, 9.17) is 33.7 Å². The van der Waals surface area contributed by atoms with E-state index in [1.807, 2.05) is 18.2 Å². The Kier molecular flexibility index (Phi) is 5.39. The van der Waals surface area contributed by atoms with Gasteiger partial charge in [0.1, 0.15) is 5.75 Å². The van der Waals surface area contributed by atoms with Crippen LogP contribution in [0.25, 0.3) is 0 Å². The molecule has 1 aliphatic rings. The summed E-state index contributed by atoms with van der Waals surface area (Å²) in [7, 11) is 0. The number of hydrogen-bond donors (Lipinski definition) is 1. The summed E-state index contributed by atoms with van der Waals surface area (Å²) in [5.41, 5.74) is 8.83. The fourth-order valence-corrected chi connectivity index (χ4v) is 2.96. The Balaban J connectivity index is 0.00000161. The minimum Gasteiger partial charge on any atom is -0.493 e. The van der Waals surface area contributed by atoms with E-state index in [9.17, 15) is 0 Å². The van der Waals surface area contributed by atoms with E-state index < -0.39 is 0 Å². The third-order valence-electron chi connectivity index (χ3n) is 3.75. The Hall–Kier alpha value is -0.930. The van der Waals surface area contributed by atoms with Crippen LogP contribution in [0.1, 0.15) is 17.0 Å². The van der Waals surface area contributed by atoms with Crippen molar-refractivity contribution in [2.75, 3.05) is 6.61 Å². The summed E-state index contributed by atoms with van der Waals surface area (Å²) < 4.78 is 5.83. The molecule has 0 spiro atoms. The van der Waals surface area contributed by atoms with Gasteiger partial charge in [-0.3, -0.25) is 0 Å². The molecule has 2 nitrogen and oxygen atoms in total. The van der Waals surface area contributed by atoms with Gasteiger partial charge in [-0.05, 0) is 29.7 Å². The van der Waals surface area contributed by atoms with Gasteiger partial charge in [-0.15, -0.1) is 12.4 Å². The Morgan fingerprint density at radius 3 is 2.62 bits per heavy atom. The lowest BCUT2D eigenvalue weighted by molar-refractivity contribution is 0.277. The zero-order valence-corrected chi connectivity index (χ0v) is 13.6. The topological polar surface area (TPSA) is 35.2 Å². The number of hydrogen-bond acceptors (Lipinski definition) is 2. The van der Waals surface area contributed by atoms with Gasteiger partial charge < -0.3 is 10.5 Å². The summed E-state index contributed by atoms with van der Waals surface area (Å²) in [4.78, 5) is 0. The second-order valence-corrected chi connectivity index (χ2v) is 5.87. The Morgan fingerprint density at radius 2 is 1.86 bits per heavy atom. The van der Waals surface area contributed by atoms with Crippen LogP contribution < -0.4 is 10.5 Å². The molecule has 3 rings (SSSR count). The zero-order chi connectivity index (χ0) is 14.1. The van der Waals surface area contributed by atoms with Gasteiger partial charge in [0, 0.05) is 18.0 Å². The van der Waals surface area contributed by atoms with Crippen molar-refractivity contribution in [3.05, 3.63) is 63.6 Å². The van der Waals surface area contributed by atoms with Crippen molar-refractivity contribution in [1.29, 1.82) is 0 Å². The lowest BCUT2D eigenvalue weighted by Crippen LogP contribution is -2.28. The summed E-state index contributed by atoms with van der Waals surface area (Å²) in [6.07, 6.45) is 0.908.